The highest BCUT2D eigenvalue weighted by atomic mass is 35.5. The van der Waals surface area contributed by atoms with E-state index in [2.05, 4.69) is 10.2 Å². The molecule has 0 atom stereocenters. The van der Waals surface area contributed by atoms with Gasteiger partial charge in [-0.25, -0.2) is 0 Å². The number of carbonyl (C=O) groups is 1. The lowest BCUT2D eigenvalue weighted by Crippen LogP contribution is -1.99. The highest BCUT2D eigenvalue weighted by molar-refractivity contribution is 7.99. The van der Waals surface area contributed by atoms with Crippen LogP contribution in [0.1, 0.15) is 17.3 Å². The number of nitro benzene ring substituents is 1. The van der Waals surface area contributed by atoms with Gasteiger partial charge in [-0.15, -0.1) is 10.2 Å². The van der Waals surface area contributed by atoms with Crippen molar-refractivity contribution in [2.75, 3.05) is 0 Å². The van der Waals surface area contributed by atoms with Crippen molar-refractivity contribution in [2.45, 2.75) is 17.0 Å². The molecule has 0 saturated heterocycles. The molecule has 0 aliphatic rings. The second-order valence-corrected chi connectivity index (χ2v) is 6.92. The van der Waals surface area contributed by atoms with Crippen LogP contribution in [-0.4, -0.2) is 25.5 Å². The predicted molar refractivity (Wildman–Crippen MR) is 98.7 cm³/mol. The first-order chi connectivity index (χ1) is 12.4. The summed E-state index contributed by atoms with van der Waals surface area (Å²) in [7, 11) is 1.78. The van der Waals surface area contributed by atoms with Crippen LogP contribution >= 0.6 is 23.4 Å². The van der Waals surface area contributed by atoms with Gasteiger partial charge in [0.05, 0.1) is 4.92 Å². The van der Waals surface area contributed by atoms with E-state index >= 15 is 0 Å². The van der Waals surface area contributed by atoms with Crippen LogP contribution in [0.25, 0.3) is 11.4 Å². The standard InChI is InChI=1S/C17H13ClN4O3S/c1-10(23)14-7-6-13(22(24)25)9-15(14)26-17-20-19-16(21(17)2)11-4-3-5-12(18)8-11/h3-9H,1-2H3. The fourth-order valence-electron chi connectivity index (χ4n) is 2.38. The number of halogens is 1. The normalized spacial score (nSPS) is 10.7. The summed E-state index contributed by atoms with van der Waals surface area (Å²) in [4.78, 5) is 22.8. The second kappa shape index (κ2) is 7.27. The maximum absolute atomic E-state index is 11.8. The second-order valence-electron chi connectivity index (χ2n) is 5.47. The SMILES string of the molecule is CC(=O)c1ccc([N+](=O)[O-])cc1Sc1nnc(-c2cccc(Cl)c2)n1C. The zero-order valence-corrected chi connectivity index (χ0v) is 15.4. The van der Waals surface area contributed by atoms with Crippen molar-refractivity contribution in [3.05, 3.63) is 63.2 Å². The largest absolute Gasteiger partial charge is 0.305 e. The third kappa shape index (κ3) is 3.61. The lowest BCUT2D eigenvalue weighted by atomic mass is 10.1. The molecular formula is C17H13ClN4O3S. The van der Waals surface area contributed by atoms with Crippen LogP contribution in [0.2, 0.25) is 5.02 Å². The van der Waals surface area contributed by atoms with Crippen LogP contribution in [0.5, 0.6) is 0 Å². The molecule has 26 heavy (non-hydrogen) atoms. The Morgan fingerprint density at radius 3 is 2.65 bits per heavy atom. The molecule has 0 aliphatic heterocycles. The van der Waals surface area contributed by atoms with E-state index in [1.807, 2.05) is 12.1 Å². The fraction of sp³-hybridized carbons (Fsp3) is 0.118. The number of Topliss-reactive ketones (excluding diaryl/α,β-unsaturated/α-hetero) is 1. The number of hydrogen-bond donors (Lipinski definition) is 0. The summed E-state index contributed by atoms with van der Waals surface area (Å²) in [6.07, 6.45) is 0. The molecule has 7 nitrogen and oxygen atoms in total. The van der Waals surface area contributed by atoms with E-state index in [-0.39, 0.29) is 11.5 Å². The van der Waals surface area contributed by atoms with Gasteiger partial charge >= 0.3 is 0 Å². The molecule has 0 fully saturated rings. The Balaban J connectivity index is 2.01. The summed E-state index contributed by atoms with van der Waals surface area (Å²) in [5.41, 5.74) is 1.10. The summed E-state index contributed by atoms with van der Waals surface area (Å²) in [5, 5.41) is 20.4. The smallest absolute Gasteiger partial charge is 0.270 e. The summed E-state index contributed by atoms with van der Waals surface area (Å²) in [6, 6.07) is 11.3. The molecule has 132 valence electrons. The molecule has 0 unspecified atom stereocenters. The molecule has 0 bridgehead atoms. The summed E-state index contributed by atoms with van der Waals surface area (Å²) >= 11 is 7.17. The average Bonchev–Trinajstić information content (AvgIpc) is 2.95. The van der Waals surface area contributed by atoms with Gasteiger partial charge in [-0.05, 0) is 36.9 Å². The number of hydrogen-bond acceptors (Lipinski definition) is 6. The molecule has 2 aromatic carbocycles. The van der Waals surface area contributed by atoms with Crippen molar-refractivity contribution in [1.82, 2.24) is 14.8 Å². The van der Waals surface area contributed by atoms with Crippen molar-refractivity contribution in [2.24, 2.45) is 7.05 Å². The Labute approximate surface area is 158 Å². The number of benzene rings is 2. The van der Waals surface area contributed by atoms with Crippen molar-refractivity contribution < 1.29 is 9.72 Å². The van der Waals surface area contributed by atoms with Crippen molar-refractivity contribution in [3.8, 4) is 11.4 Å². The van der Waals surface area contributed by atoms with E-state index in [0.29, 0.717) is 26.5 Å². The Morgan fingerprint density at radius 2 is 2.00 bits per heavy atom. The maximum Gasteiger partial charge on any atom is 0.270 e. The minimum absolute atomic E-state index is 0.0882. The Bertz CT molecular complexity index is 1020. The minimum atomic E-state index is -0.498. The van der Waals surface area contributed by atoms with E-state index in [0.717, 1.165) is 17.3 Å². The van der Waals surface area contributed by atoms with Crippen LogP contribution in [0, 0.1) is 10.1 Å². The van der Waals surface area contributed by atoms with E-state index < -0.39 is 4.92 Å². The van der Waals surface area contributed by atoms with Crippen LogP contribution in [0.15, 0.2) is 52.5 Å². The predicted octanol–water partition coefficient (Wildman–Crippen LogP) is 4.40. The molecular weight excluding hydrogens is 376 g/mol. The van der Waals surface area contributed by atoms with Gasteiger partial charge in [0, 0.05) is 40.2 Å². The molecule has 0 N–H and O–H groups in total. The van der Waals surface area contributed by atoms with Gasteiger partial charge in [0.1, 0.15) is 0 Å². The number of nitrogens with zero attached hydrogens (tertiary/aromatic N) is 4. The van der Waals surface area contributed by atoms with Gasteiger partial charge < -0.3 is 4.57 Å². The van der Waals surface area contributed by atoms with Crippen molar-refractivity contribution in [1.29, 1.82) is 0 Å². The average molecular weight is 389 g/mol. The quantitative estimate of drug-likeness (QED) is 0.365. The first kappa shape index (κ1) is 18.1. The van der Waals surface area contributed by atoms with Gasteiger partial charge in [0.15, 0.2) is 16.8 Å². The monoisotopic (exact) mass is 388 g/mol. The zero-order chi connectivity index (χ0) is 18.8. The van der Waals surface area contributed by atoms with E-state index in [9.17, 15) is 14.9 Å². The fourth-order valence-corrected chi connectivity index (χ4v) is 3.57. The molecule has 9 heteroatoms. The summed E-state index contributed by atoms with van der Waals surface area (Å²) < 4.78 is 1.75. The Morgan fingerprint density at radius 1 is 1.23 bits per heavy atom. The Hall–Kier alpha value is -2.71. The Kier molecular flexibility index (Phi) is 5.06. The van der Waals surface area contributed by atoms with Crippen molar-refractivity contribution in [3.63, 3.8) is 0 Å². The lowest BCUT2D eigenvalue weighted by molar-refractivity contribution is -0.385. The van der Waals surface area contributed by atoms with E-state index in [4.69, 9.17) is 11.6 Å². The molecule has 0 aliphatic carbocycles. The first-order valence-electron chi connectivity index (χ1n) is 7.49. The molecule has 1 heterocycles. The molecule has 0 saturated carbocycles. The molecule has 3 aromatic rings. The lowest BCUT2D eigenvalue weighted by Gasteiger charge is -2.07. The molecule has 1 aromatic heterocycles. The first-order valence-corrected chi connectivity index (χ1v) is 8.69. The van der Waals surface area contributed by atoms with E-state index in [1.165, 1.54) is 25.1 Å². The van der Waals surface area contributed by atoms with E-state index in [1.54, 1.807) is 23.7 Å². The number of nitro groups is 1. The highest BCUT2D eigenvalue weighted by Gasteiger charge is 2.18. The third-order valence-electron chi connectivity index (χ3n) is 3.67. The molecule has 0 spiro atoms. The number of carbonyl (C=O) groups excluding carboxylic acids is 1. The van der Waals surface area contributed by atoms with Crippen molar-refractivity contribution >= 4 is 34.8 Å². The van der Waals surface area contributed by atoms with Crippen LogP contribution < -0.4 is 0 Å². The van der Waals surface area contributed by atoms with Crippen LogP contribution in [0.3, 0.4) is 0 Å². The van der Waals surface area contributed by atoms with Crippen LogP contribution in [-0.2, 0) is 7.05 Å². The van der Waals surface area contributed by atoms with Gasteiger partial charge in [0.25, 0.3) is 5.69 Å². The zero-order valence-electron chi connectivity index (χ0n) is 13.8. The molecule has 0 radical (unpaired) electrons. The highest BCUT2D eigenvalue weighted by Crippen LogP contribution is 2.34. The number of ketones is 1. The molecule has 3 rings (SSSR count). The third-order valence-corrected chi connectivity index (χ3v) is 5.01. The summed E-state index contributed by atoms with van der Waals surface area (Å²) in [5.74, 6) is 0.421. The number of non-ortho nitro benzene ring substituents is 1. The van der Waals surface area contributed by atoms with Gasteiger partial charge in [-0.2, -0.15) is 0 Å². The van der Waals surface area contributed by atoms with Gasteiger partial charge in [-0.3, -0.25) is 14.9 Å². The number of aromatic nitrogens is 3. The van der Waals surface area contributed by atoms with Gasteiger partial charge in [-0.1, -0.05) is 23.7 Å². The summed E-state index contributed by atoms with van der Waals surface area (Å²) in [6.45, 7) is 1.42. The minimum Gasteiger partial charge on any atom is -0.305 e. The topological polar surface area (TPSA) is 90.9 Å². The molecule has 0 amide bonds. The van der Waals surface area contributed by atoms with Crippen LogP contribution in [0.4, 0.5) is 5.69 Å². The maximum atomic E-state index is 11.8. The van der Waals surface area contributed by atoms with Gasteiger partial charge in [0.2, 0.25) is 0 Å². The number of rotatable bonds is 5.